The van der Waals surface area contributed by atoms with E-state index in [-0.39, 0.29) is 10.8 Å². The van der Waals surface area contributed by atoms with Crippen LogP contribution in [-0.4, -0.2) is 82.3 Å². The fourth-order valence-corrected chi connectivity index (χ4v) is 6.37. The van der Waals surface area contributed by atoms with Crippen LogP contribution in [-0.2, 0) is 14.8 Å². The molecule has 0 radical (unpaired) electrons. The first-order valence-electron chi connectivity index (χ1n) is 11.2. The number of piperazine rings is 1. The number of carbonyl (C=O) groups excluding carboxylic acids is 1. The van der Waals surface area contributed by atoms with Gasteiger partial charge in [0.25, 0.3) is 5.91 Å². The van der Waals surface area contributed by atoms with Gasteiger partial charge < -0.3 is 14.5 Å². The number of nitrogens with zero attached hydrogens (tertiary/aromatic N) is 3. The molecule has 2 aliphatic rings. The molecular weight excluding hydrogens is 458 g/mol. The summed E-state index contributed by atoms with van der Waals surface area (Å²) in [6, 6.07) is 11.1. The normalized spacial score (nSPS) is 17.9. The number of carbonyl (C=O) groups is 1. The summed E-state index contributed by atoms with van der Waals surface area (Å²) in [6.07, 6.45) is 1.89. The molecule has 178 valence electrons. The van der Waals surface area contributed by atoms with Crippen LogP contribution < -0.4 is 4.90 Å². The van der Waals surface area contributed by atoms with Gasteiger partial charge in [-0.15, -0.1) is 11.8 Å². The molecule has 2 aromatic carbocycles. The Morgan fingerprint density at radius 3 is 2.33 bits per heavy atom. The Labute approximate surface area is 200 Å². The third kappa shape index (κ3) is 4.91. The summed E-state index contributed by atoms with van der Waals surface area (Å²) in [4.78, 5) is 18.1. The molecule has 0 saturated carbocycles. The van der Waals surface area contributed by atoms with E-state index in [1.54, 1.807) is 23.1 Å². The predicted molar refractivity (Wildman–Crippen MR) is 132 cm³/mol. The van der Waals surface area contributed by atoms with E-state index in [0.29, 0.717) is 58.0 Å². The molecule has 7 nitrogen and oxygen atoms in total. The van der Waals surface area contributed by atoms with Crippen LogP contribution in [0.1, 0.15) is 21.5 Å². The quantitative estimate of drug-likeness (QED) is 0.602. The molecule has 1 amide bonds. The second-order valence-corrected chi connectivity index (χ2v) is 11.2. The minimum Gasteiger partial charge on any atom is -0.378 e. The Bertz CT molecular complexity index is 1120. The number of ether oxygens (including phenoxy) is 1. The van der Waals surface area contributed by atoms with E-state index < -0.39 is 10.0 Å². The summed E-state index contributed by atoms with van der Waals surface area (Å²) in [6.45, 7) is 8.32. The molecular formula is C24H31N3O4S2. The summed E-state index contributed by atoms with van der Waals surface area (Å²) in [7, 11) is -3.70. The van der Waals surface area contributed by atoms with Gasteiger partial charge in [0.1, 0.15) is 0 Å². The van der Waals surface area contributed by atoms with Crippen molar-refractivity contribution in [2.45, 2.75) is 23.6 Å². The lowest BCUT2D eigenvalue weighted by molar-refractivity contribution is 0.0300. The van der Waals surface area contributed by atoms with Gasteiger partial charge in [-0.25, -0.2) is 8.42 Å². The number of rotatable bonds is 5. The molecule has 2 aromatic rings. The number of amides is 1. The molecule has 2 aliphatic heterocycles. The molecule has 0 atom stereocenters. The van der Waals surface area contributed by atoms with Crippen molar-refractivity contribution in [1.29, 1.82) is 0 Å². The first-order valence-corrected chi connectivity index (χ1v) is 13.9. The molecule has 0 N–H and O–H groups in total. The standard InChI is InChI=1S/C24H31N3O4S2/c1-18-5-4-6-22(19(18)2)25-9-11-27(12-10-25)33(29,30)20-7-8-23(32-3)21(17-20)24(28)26-13-15-31-16-14-26/h4-8,17H,9-16H2,1-3H3. The molecule has 0 unspecified atom stereocenters. The second-order valence-electron chi connectivity index (χ2n) is 8.38. The maximum Gasteiger partial charge on any atom is 0.255 e. The number of hydrogen-bond donors (Lipinski definition) is 0. The van der Waals surface area contributed by atoms with Crippen LogP contribution in [0.25, 0.3) is 0 Å². The van der Waals surface area contributed by atoms with Crippen molar-refractivity contribution in [2.75, 3.05) is 63.6 Å². The van der Waals surface area contributed by atoms with Crippen molar-refractivity contribution < 1.29 is 17.9 Å². The van der Waals surface area contributed by atoms with Crippen LogP contribution in [0.4, 0.5) is 5.69 Å². The largest absolute Gasteiger partial charge is 0.378 e. The minimum atomic E-state index is -3.70. The molecule has 2 saturated heterocycles. The molecule has 2 fully saturated rings. The lowest BCUT2D eigenvalue weighted by atomic mass is 10.1. The third-order valence-electron chi connectivity index (χ3n) is 6.49. The highest BCUT2D eigenvalue weighted by atomic mass is 32.2. The Kier molecular flexibility index (Phi) is 7.33. The van der Waals surface area contributed by atoms with Gasteiger partial charge in [-0.1, -0.05) is 12.1 Å². The number of aryl methyl sites for hydroxylation is 1. The van der Waals surface area contributed by atoms with E-state index in [2.05, 4.69) is 30.9 Å². The van der Waals surface area contributed by atoms with Crippen molar-refractivity contribution in [3.05, 3.63) is 53.1 Å². The maximum atomic E-state index is 13.5. The average Bonchev–Trinajstić information content (AvgIpc) is 2.85. The molecule has 0 aliphatic carbocycles. The summed E-state index contributed by atoms with van der Waals surface area (Å²) in [5.41, 5.74) is 4.07. The third-order valence-corrected chi connectivity index (χ3v) is 9.18. The first kappa shape index (κ1) is 24.1. The van der Waals surface area contributed by atoms with Crippen LogP contribution in [0, 0.1) is 13.8 Å². The van der Waals surface area contributed by atoms with Crippen LogP contribution >= 0.6 is 11.8 Å². The summed E-state index contributed by atoms with van der Waals surface area (Å²) < 4.78 is 33.8. The number of anilines is 1. The Morgan fingerprint density at radius 2 is 1.67 bits per heavy atom. The van der Waals surface area contributed by atoms with Gasteiger partial charge in [-0.05, 0) is 55.5 Å². The van der Waals surface area contributed by atoms with Gasteiger partial charge >= 0.3 is 0 Å². The number of sulfonamides is 1. The van der Waals surface area contributed by atoms with Crippen LogP contribution in [0.15, 0.2) is 46.2 Å². The fourth-order valence-electron chi connectivity index (χ4n) is 4.35. The molecule has 33 heavy (non-hydrogen) atoms. The topological polar surface area (TPSA) is 70.2 Å². The average molecular weight is 490 g/mol. The van der Waals surface area contributed by atoms with Gasteiger partial charge in [-0.3, -0.25) is 4.79 Å². The predicted octanol–water partition coefficient (Wildman–Crippen LogP) is 3.01. The summed E-state index contributed by atoms with van der Waals surface area (Å²) in [5, 5.41) is 0. The van der Waals surface area contributed by atoms with E-state index in [0.717, 1.165) is 10.6 Å². The van der Waals surface area contributed by atoms with Crippen LogP contribution in [0.2, 0.25) is 0 Å². The maximum absolute atomic E-state index is 13.5. The second kappa shape index (κ2) is 10.0. The van der Waals surface area contributed by atoms with E-state index in [4.69, 9.17) is 4.74 Å². The fraction of sp³-hybridized carbons (Fsp3) is 0.458. The highest BCUT2D eigenvalue weighted by Crippen LogP contribution is 2.29. The van der Waals surface area contributed by atoms with E-state index in [1.165, 1.54) is 27.2 Å². The van der Waals surface area contributed by atoms with Gasteiger partial charge in [0, 0.05) is 49.9 Å². The van der Waals surface area contributed by atoms with Crippen LogP contribution in [0.3, 0.4) is 0 Å². The van der Waals surface area contributed by atoms with Gasteiger partial charge in [-0.2, -0.15) is 4.31 Å². The van der Waals surface area contributed by atoms with E-state index in [9.17, 15) is 13.2 Å². The van der Waals surface area contributed by atoms with Gasteiger partial charge in [0.2, 0.25) is 10.0 Å². The monoisotopic (exact) mass is 489 g/mol. The van der Waals surface area contributed by atoms with Gasteiger partial charge in [0.05, 0.1) is 23.7 Å². The highest BCUT2D eigenvalue weighted by Gasteiger charge is 2.31. The van der Waals surface area contributed by atoms with Crippen molar-refractivity contribution in [2.24, 2.45) is 0 Å². The van der Waals surface area contributed by atoms with Crippen molar-refractivity contribution in [3.63, 3.8) is 0 Å². The number of hydrogen-bond acceptors (Lipinski definition) is 6. The zero-order chi connectivity index (χ0) is 23.6. The van der Waals surface area contributed by atoms with Crippen LogP contribution in [0.5, 0.6) is 0 Å². The number of benzene rings is 2. The Balaban J connectivity index is 1.54. The SMILES string of the molecule is CSc1ccc(S(=O)(=O)N2CCN(c3cccc(C)c3C)CC2)cc1C(=O)N1CCOCC1. The van der Waals surface area contributed by atoms with E-state index in [1.807, 2.05) is 12.3 Å². The molecule has 9 heteroatoms. The van der Waals surface area contributed by atoms with Crippen molar-refractivity contribution in [1.82, 2.24) is 9.21 Å². The lowest BCUT2D eigenvalue weighted by Crippen LogP contribution is -2.49. The van der Waals surface area contributed by atoms with Gasteiger partial charge in [0.15, 0.2) is 0 Å². The summed E-state index contributed by atoms with van der Waals surface area (Å²) in [5.74, 6) is -0.139. The number of morpholine rings is 1. The Hall–Kier alpha value is -2.07. The zero-order valence-corrected chi connectivity index (χ0v) is 21.0. The number of thioether (sulfide) groups is 1. The minimum absolute atomic E-state index is 0.139. The van der Waals surface area contributed by atoms with E-state index >= 15 is 0 Å². The van der Waals surface area contributed by atoms with Crippen molar-refractivity contribution >= 4 is 33.4 Å². The molecule has 2 heterocycles. The zero-order valence-electron chi connectivity index (χ0n) is 19.4. The Morgan fingerprint density at radius 1 is 0.970 bits per heavy atom. The lowest BCUT2D eigenvalue weighted by Gasteiger charge is -2.36. The first-order chi connectivity index (χ1) is 15.8. The van der Waals surface area contributed by atoms with Crippen molar-refractivity contribution in [3.8, 4) is 0 Å². The molecule has 0 aromatic heterocycles. The summed E-state index contributed by atoms with van der Waals surface area (Å²) >= 11 is 1.45. The molecule has 0 bridgehead atoms. The molecule has 4 rings (SSSR count). The highest BCUT2D eigenvalue weighted by molar-refractivity contribution is 7.98. The molecule has 0 spiro atoms. The smallest absolute Gasteiger partial charge is 0.255 e.